The Morgan fingerprint density at radius 1 is 1.16 bits per heavy atom. The third kappa shape index (κ3) is 4.07. The molecule has 0 bridgehead atoms. The van der Waals surface area contributed by atoms with Gasteiger partial charge in [0, 0.05) is 13.1 Å². The first-order valence-corrected chi connectivity index (χ1v) is 9.42. The summed E-state index contributed by atoms with van der Waals surface area (Å²) in [5.41, 5.74) is 7.35. The molecule has 3 rings (SSSR count). The topological polar surface area (TPSA) is 112 Å². The second-order valence-electron chi connectivity index (χ2n) is 5.96. The van der Waals surface area contributed by atoms with Crippen molar-refractivity contribution in [3.8, 4) is 6.07 Å². The Kier molecular flexibility index (Phi) is 4.88. The maximum absolute atomic E-state index is 12.5. The summed E-state index contributed by atoms with van der Waals surface area (Å²) in [5, 5.41) is 8.86. The van der Waals surface area contributed by atoms with Crippen LogP contribution in [0.3, 0.4) is 0 Å². The summed E-state index contributed by atoms with van der Waals surface area (Å²) in [7, 11) is -3.65. The molecule has 0 saturated carbocycles. The van der Waals surface area contributed by atoms with Crippen LogP contribution in [-0.4, -0.2) is 30.8 Å². The highest BCUT2D eigenvalue weighted by Crippen LogP contribution is 2.29. The van der Waals surface area contributed by atoms with Crippen molar-refractivity contribution >= 4 is 21.8 Å². The van der Waals surface area contributed by atoms with Gasteiger partial charge in [0.1, 0.15) is 11.6 Å². The zero-order valence-corrected chi connectivity index (χ0v) is 14.4. The van der Waals surface area contributed by atoms with Crippen LogP contribution in [0.4, 0.5) is 11.6 Å². The molecule has 0 spiro atoms. The lowest BCUT2D eigenvalue weighted by atomic mass is 9.90. The van der Waals surface area contributed by atoms with E-state index in [0.29, 0.717) is 24.6 Å². The van der Waals surface area contributed by atoms with Crippen LogP contribution in [0, 0.1) is 11.3 Å². The van der Waals surface area contributed by atoms with E-state index in [4.69, 9.17) is 11.0 Å². The molecule has 0 amide bonds. The van der Waals surface area contributed by atoms with E-state index in [9.17, 15) is 8.42 Å². The van der Waals surface area contributed by atoms with Gasteiger partial charge in [-0.3, -0.25) is 4.72 Å². The SMILES string of the molecule is N#Cc1ccc(C2CCN(S(=O)(=O)Nc3cccc(N)n3)CC2)cc1. The lowest BCUT2D eigenvalue weighted by molar-refractivity contribution is 0.321. The van der Waals surface area contributed by atoms with Gasteiger partial charge in [0.25, 0.3) is 0 Å². The summed E-state index contributed by atoms with van der Waals surface area (Å²) in [6.45, 7) is 0.866. The van der Waals surface area contributed by atoms with Gasteiger partial charge in [-0.2, -0.15) is 18.0 Å². The number of anilines is 2. The van der Waals surface area contributed by atoms with Gasteiger partial charge in [-0.05, 0) is 48.6 Å². The van der Waals surface area contributed by atoms with E-state index in [0.717, 1.165) is 18.4 Å². The number of nitrogens with two attached hydrogens (primary N) is 1. The number of benzene rings is 1. The van der Waals surface area contributed by atoms with Gasteiger partial charge < -0.3 is 5.73 Å². The molecule has 0 atom stereocenters. The molecule has 7 nitrogen and oxygen atoms in total. The summed E-state index contributed by atoms with van der Waals surface area (Å²) in [6, 6.07) is 14.4. The Morgan fingerprint density at radius 3 is 2.44 bits per heavy atom. The van der Waals surface area contributed by atoms with Crippen molar-refractivity contribution in [2.24, 2.45) is 0 Å². The molecule has 1 saturated heterocycles. The lowest BCUT2D eigenvalue weighted by Crippen LogP contribution is -2.41. The van der Waals surface area contributed by atoms with E-state index in [1.807, 2.05) is 12.1 Å². The smallest absolute Gasteiger partial charge is 0.302 e. The van der Waals surface area contributed by atoms with E-state index in [-0.39, 0.29) is 11.6 Å². The number of nitrogens with one attached hydrogen (secondary N) is 1. The van der Waals surface area contributed by atoms with Crippen LogP contribution in [0.2, 0.25) is 0 Å². The van der Waals surface area contributed by atoms with Crippen molar-refractivity contribution in [2.45, 2.75) is 18.8 Å². The third-order valence-electron chi connectivity index (χ3n) is 4.31. The molecule has 130 valence electrons. The van der Waals surface area contributed by atoms with Crippen molar-refractivity contribution < 1.29 is 8.42 Å². The standard InChI is InChI=1S/C17H19N5O2S/c18-12-13-4-6-14(7-5-13)15-8-10-22(11-9-15)25(23,24)21-17-3-1-2-16(19)20-17/h1-7,15H,8-11H2,(H3,19,20,21). The molecule has 2 aromatic rings. The average molecular weight is 357 g/mol. The number of nitrogens with zero attached hydrogens (tertiary/aromatic N) is 3. The number of nitrogen functional groups attached to an aromatic ring is 1. The Labute approximate surface area is 147 Å². The zero-order chi connectivity index (χ0) is 17.9. The van der Waals surface area contributed by atoms with Crippen LogP contribution >= 0.6 is 0 Å². The van der Waals surface area contributed by atoms with Crippen LogP contribution in [0.1, 0.15) is 29.9 Å². The van der Waals surface area contributed by atoms with Gasteiger partial charge in [0.2, 0.25) is 0 Å². The van der Waals surface area contributed by atoms with Gasteiger partial charge in [0.15, 0.2) is 0 Å². The number of rotatable bonds is 4. The Bertz CT molecular complexity index is 882. The third-order valence-corrected chi connectivity index (χ3v) is 5.82. The van der Waals surface area contributed by atoms with Crippen molar-refractivity contribution in [1.29, 1.82) is 5.26 Å². The normalized spacial score (nSPS) is 16.3. The molecular weight excluding hydrogens is 338 g/mol. The van der Waals surface area contributed by atoms with E-state index in [1.165, 1.54) is 4.31 Å². The van der Waals surface area contributed by atoms with Crippen molar-refractivity contribution in [3.05, 3.63) is 53.6 Å². The Morgan fingerprint density at radius 2 is 1.84 bits per heavy atom. The van der Waals surface area contributed by atoms with E-state index in [1.54, 1.807) is 30.3 Å². The molecule has 1 aliphatic heterocycles. The van der Waals surface area contributed by atoms with Crippen LogP contribution in [0.15, 0.2) is 42.5 Å². The highest BCUT2D eigenvalue weighted by atomic mass is 32.2. The molecule has 8 heteroatoms. The zero-order valence-electron chi connectivity index (χ0n) is 13.6. The number of nitriles is 1. The second-order valence-corrected chi connectivity index (χ2v) is 7.63. The molecule has 1 aromatic carbocycles. The first-order chi connectivity index (χ1) is 12.0. The van der Waals surface area contributed by atoms with E-state index >= 15 is 0 Å². The molecule has 1 fully saturated rings. The molecule has 2 heterocycles. The van der Waals surface area contributed by atoms with Gasteiger partial charge >= 0.3 is 10.2 Å². The van der Waals surface area contributed by atoms with Crippen LogP contribution < -0.4 is 10.5 Å². The summed E-state index contributed by atoms with van der Waals surface area (Å²) in [4.78, 5) is 3.97. The van der Waals surface area contributed by atoms with Crippen LogP contribution in [0.5, 0.6) is 0 Å². The Hall–Kier alpha value is -2.63. The minimum Gasteiger partial charge on any atom is -0.384 e. The average Bonchev–Trinajstić information content (AvgIpc) is 2.61. The van der Waals surface area contributed by atoms with Gasteiger partial charge in [0.05, 0.1) is 11.6 Å². The molecule has 3 N–H and O–H groups in total. The number of pyridine rings is 1. The second kappa shape index (κ2) is 7.09. The summed E-state index contributed by atoms with van der Waals surface area (Å²) in [6.07, 6.45) is 1.47. The molecule has 25 heavy (non-hydrogen) atoms. The largest absolute Gasteiger partial charge is 0.384 e. The first-order valence-electron chi connectivity index (χ1n) is 7.98. The van der Waals surface area contributed by atoms with E-state index in [2.05, 4.69) is 15.8 Å². The predicted molar refractivity (Wildman–Crippen MR) is 95.9 cm³/mol. The van der Waals surface area contributed by atoms with E-state index < -0.39 is 10.2 Å². The van der Waals surface area contributed by atoms with Crippen LogP contribution in [0.25, 0.3) is 0 Å². The fourth-order valence-corrected chi connectivity index (χ4v) is 4.16. The maximum atomic E-state index is 12.5. The predicted octanol–water partition coefficient (Wildman–Crippen LogP) is 2.07. The fraction of sp³-hybridized carbons (Fsp3) is 0.294. The molecule has 1 aliphatic rings. The summed E-state index contributed by atoms with van der Waals surface area (Å²) >= 11 is 0. The summed E-state index contributed by atoms with van der Waals surface area (Å²) in [5.74, 6) is 0.777. The monoisotopic (exact) mass is 357 g/mol. The molecule has 1 aromatic heterocycles. The molecule has 0 radical (unpaired) electrons. The maximum Gasteiger partial charge on any atom is 0.302 e. The fourth-order valence-electron chi connectivity index (χ4n) is 2.96. The number of aromatic nitrogens is 1. The minimum absolute atomic E-state index is 0.217. The van der Waals surface area contributed by atoms with Gasteiger partial charge in [-0.1, -0.05) is 18.2 Å². The van der Waals surface area contributed by atoms with Gasteiger partial charge in [-0.25, -0.2) is 4.98 Å². The van der Waals surface area contributed by atoms with Crippen LogP contribution in [-0.2, 0) is 10.2 Å². The lowest BCUT2D eigenvalue weighted by Gasteiger charge is -2.31. The number of piperidine rings is 1. The quantitative estimate of drug-likeness (QED) is 0.870. The Balaban J connectivity index is 1.63. The molecule has 0 aliphatic carbocycles. The number of hydrogen-bond acceptors (Lipinski definition) is 5. The number of hydrogen-bond donors (Lipinski definition) is 2. The highest BCUT2D eigenvalue weighted by Gasteiger charge is 2.28. The van der Waals surface area contributed by atoms with Crippen molar-refractivity contribution in [1.82, 2.24) is 9.29 Å². The van der Waals surface area contributed by atoms with Gasteiger partial charge in [-0.15, -0.1) is 0 Å². The molecule has 0 unspecified atom stereocenters. The van der Waals surface area contributed by atoms with Crippen molar-refractivity contribution in [2.75, 3.05) is 23.5 Å². The minimum atomic E-state index is -3.65. The highest BCUT2D eigenvalue weighted by molar-refractivity contribution is 7.90. The molecular formula is C17H19N5O2S. The first kappa shape index (κ1) is 17.2. The van der Waals surface area contributed by atoms with Crippen molar-refractivity contribution in [3.63, 3.8) is 0 Å². The summed E-state index contributed by atoms with van der Waals surface area (Å²) < 4.78 is 28.9.